The first-order valence-electron chi connectivity index (χ1n) is 7.32. The average molecular weight is 305 g/mol. The van der Waals surface area contributed by atoms with Gasteiger partial charge in [0.15, 0.2) is 0 Å². The first-order valence-corrected chi connectivity index (χ1v) is 7.70. The van der Waals surface area contributed by atoms with Crippen molar-refractivity contribution >= 4 is 11.6 Å². The van der Waals surface area contributed by atoms with Crippen LogP contribution in [0.2, 0.25) is 5.02 Å². The molecule has 1 aromatic heterocycles. The van der Waals surface area contributed by atoms with Crippen molar-refractivity contribution in [3.05, 3.63) is 64.2 Å². The highest BCUT2D eigenvalue weighted by molar-refractivity contribution is 6.30. The molecular weight excluding hydrogens is 287 g/mol. The molecule has 110 valence electrons. The van der Waals surface area contributed by atoms with Crippen molar-refractivity contribution in [2.24, 2.45) is 0 Å². The molecule has 0 amide bonds. The Bertz CT molecular complexity index is 644. The standard InChI is InChI=1S/C17H18ClFN2/c1-2-20-17(14-10-12(18)6-8-15(14)19)13-7-5-11-4-3-9-21-16(11)13/h3-4,6,8-10,13,17,20H,2,5,7H2,1H3. The Labute approximate surface area is 129 Å². The van der Waals surface area contributed by atoms with Crippen molar-refractivity contribution in [2.45, 2.75) is 31.7 Å². The Morgan fingerprint density at radius 2 is 2.29 bits per heavy atom. The highest BCUT2D eigenvalue weighted by Crippen LogP contribution is 2.41. The molecule has 0 bridgehead atoms. The highest BCUT2D eigenvalue weighted by Gasteiger charge is 2.32. The van der Waals surface area contributed by atoms with Gasteiger partial charge in [-0.3, -0.25) is 4.98 Å². The van der Waals surface area contributed by atoms with Crippen LogP contribution in [0, 0.1) is 5.82 Å². The van der Waals surface area contributed by atoms with Crippen LogP contribution in [0.5, 0.6) is 0 Å². The number of benzene rings is 1. The third-order valence-electron chi connectivity index (χ3n) is 4.12. The molecule has 3 rings (SSSR count). The molecule has 0 spiro atoms. The Kier molecular flexibility index (Phi) is 4.22. The molecule has 1 N–H and O–H groups in total. The summed E-state index contributed by atoms with van der Waals surface area (Å²) in [7, 11) is 0. The fraction of sp³-hybridized carbons (Fsp3) is 0.353. The van der Waals surface area contributed by atoms with E-state index in [-0.39, 0.29) is 17.8 Å². The van der Waals surface area contributed by atoms with Gasteiger partial charge in [-0.1, -0.05) is 24.6 Å². The van der Waals surface area contributed by atoms with Crippen LogP contribution in [-0.2, 0) is 6.42 Å². The number of aryl methyl sites for hydroxylation is 1. The third kappa shape index (κ3) is 2.81. The summed E-state index contributed by atoms with van der Waals surface area (Å²) in [5.41, 5.74) is 2.99. The lowest BCUT2D eigenvalue weighted by molar-refractivity contribution is 0.429. The van der Waals surface area contributed by atoms with Gasteiger partial charge in [0, 0.05) is 34.4 Å². The zero-order valence-corrected chi connectivity index (χ0v) is 12.7. The van der Waals surface area contributed by atoms with Crippen molar-refractivity contribution < 1.29 is 4.39 Å². The van der Waals surface area contributed by atoms with Crippen LogP contribution in [0.25, 0.3) is 0 Å². The number of nitrogens with one attached hydrogen (secondary N) is 1. The molecule has 2 atom stereocenters. The number of hydrogen-bond acceptors (Lipinski definition) is 2. The molecule has 1 aromatic carbocycles. The van der Waals surface area contributed by atoms with Crippen molar-refractivity contribution in [1.29, 1.82) is 0 Å². The molecule has 0 fully saturated rings. The average Bonchev–Trinajstić information content (AvgIpc) is 2.91. The van der Waals surface area contributed by atoms with E-state index in [9.17, 15) is 4.39 Å². The van der Waals surface area contributed by atoms with Crippen LogP contribution in [0.4, 0.5) is 4.39 Å². The molecule has 0 saturated carbocycles. The smallest absolute Gasteiger partial charge is 0.128 e. The number of fused-ring (bicyclic) bond motifs is 1. The van der Waals surface area contributed by atoms with Crippen molar-refractivity contribution in [3.63, 3.8) is 0 Å². The van der Waals surface area contributed by atoms with Crippen LogP contribution in [0.1, 0.15) is 42.1 Å². The summed E-state index contributed by atoms with van der Waals surface area (Å²) < 4.78 is 14.3. The number of halogens is 2. The molecule has 0 radical (unpaired) electrons. The minimum absolute atomic E-state index is 0.0927. The Morgan fingerprint density at radius 3 is 3.10 bits per heavy atom. The monoisotopic (exact) mass is 304 g/mol. The molecule has 4 heteroatoms. The number of pyridine rings is 1. The number of likely N-dealkylation sites (N-methyl/N-ethyl adjacent to an activating group) is 1. The summed E-state index contributed by atoms with van der Waals surface area (Å²) in [6, 6.07) is 8.74. The summed E-state index contributed by atoms with van der Waals surface area (Å²) in [6.07, 6.45) is 3.79. The van der Waals surface area contributed by atoms with Gasteiger partial charge >= 0.3 is 0 Å². The van der Waals surface area contributed by atoms with E-state index in [1.807, 2.05) is 19.2 Å². The van der Waals surface area contributed by atoms with Crippen LogP contribution < -0.4 is 5.32 Å². The topological polar surface area (TPSA) is 24.9 Å². The molecule has 2 aromatic rings. The summed E-state index contributed by atoms with van der Waals surface area (Å²) in [5.74, 6) is -0.0242. The predicted octanol–water partition coefficient (Wildman–Crippen LogP) is 4.25. The van der Waals surface area contributed by atoms with Gasteiger partial charge in [0.25, 0.3) is 0 Å². The molecule has 0 saturated heterocycles. The van der Waals surface area contributed by atoms with Crippen molar-refractivity contribution in [2.75, 3.05) is 6.54 Å². The van der Waals surface area contributed by atoms with E-state index in [0.717, 1.165) is 25.1 Å². The second-order valence-electron chi connectivity index (χ2n) is 5.39. The molecular formula is C17H18ClFN2. The maximum Gasteiger partial charge on any atom is 0.128 e. The maximum absolute atomic E-state index is 14.3. The van der Waals surface area contributed by atoms with Gasteiger partial charge in [0.1, 0.15) is 5.82 Å². The lowest BCUT2D eigenvalue weighted by Crippen LogP contribution is -2.27. The molecule has 21 heavy (non-hydrogen) atoms. The minimum atomic E-state index is -0.213. The van der Waals surface area contributed by atoms with Crippen LogP contribution in [-0.4, -0.2) is 11.5 Å². The summed E-state index contributed by atoms with van der Waals surface area (Å²) in [5, 5.41) is 3.97. The number of rotatable bonds is 4. The minimum Gasteiger partial charge on any atom is -0.310 e. The summed E-state index contributed by atoms with van der Waals surface area (Å²) >= 11 is 6.06. The van der Waals surface area contributed by atoms with E-state index in [0.29, 0.717) is 10.6 Å². The van der Waals surface area contributed by atoms with Gasteiger partial charge in [-0.15, -0.1) is 0 Å². The second-order valence-corrected chi connectivity index (χ2v) is 5.83. The van der Waals surface area contributed by atoms with Gasteiger partial charge in [0.2, 0.25) is 0 Å². The van der Waals surface area contributed by atoms with E-state index in [4.69, 9.17) is 11.6 Å². The van der Waals surface area contributed by atoms with E-state index >= 15 is 0 Å². The number of hydrogen-bond donors (Lipinski definition) is 1. The molecule has 1 aliphatic rings. The van der Waals surface area contributed by atoms with Crippen LogP contribution in [0.15, 0.2) is 36.5 Å². The first-order chi connectivity index (χ1) is 10.2. The molecule has 0 aliphatic heterocycles. The Morgan fingerprint density at radius 1 is 1.43 bits per heavy atom. The zero-order chi connectivity index (χ0) is 14.8. The van der Waals surface area contributed by atoms with Crippen LogP contribution >= 0.6 is 11.6 Å². The summed E-state index contributed by atoms with van der Waals surface area (Å²) in [4.78, 5) is 4.53. The Balaban J connectivity index is 2.01. The third-order valence-corrected chi connectivity index (χ3v) is 4.36. The number of nitrogens with zero attached hydrogens (tertiary/aromatic N) is 1. The molecule has 1 aliphatic carbocycles. The van der Waals surface area contributed by atoms with Crippen molar-refractivity contribution in [3.8, 4) is 0 Å². The fourth-order valence-corrected chi connectivity index (χ4v) is 3.39. The maximum atomic E-state index is 14.3. The summed E-state index contributed by atoms with van der Waals surface area (Å²) in [6.45, 7) is 2.80. The lowest BCUT2D eigenvalue weighted by atomic mass is 9.90. The quantitative estimate of drug-likeness (QED) is 0.913. The lowest BCUT2D eigenvalue weighted by Gasteiger charge is -2.25. The van der Waals surface area contributed by atoms with E-state index in [1.54, 1.807) is 12.1 Å². The van der Waals surface area contributed by atoms with Gasteiger partial charge < -0.3 is 5.32 Å². The van der Waals surface area contributed by atoms with Crippen LogP contribution in [0.3, 0.4) is 0 Å². The van der Waals surface area contributed by atoms with Crippen molar-refractivity contribution in [1.82, 2.24) is 10.3 Å². The van der Waals surface area contributed by atoms with Gasteiger partial charge in [-0.25, -0.2) is 4.39 Å². The highest BCUT2D eigenvalue weighted by atomic mass is 35.5. The normalized spacial score (nSPS) is 18.5. The zero-order valence-electron chi connectivity index (χ0n) is 11.9. The predicted molar refractivity (Wildman–Crippen MR) is 83.1 cm³/mol. The Hall–Kier alpha value is -1.45. The van der Waals surface area contributed by atoms with E-state index in [1.165, 1.54) is 11.6 Å². The second kappa shape index (κ2) is 6.12. The number of aromatic nitrogens is 1. The largest absolute Gasteiger partial charge is 0.310 e. The van der Waals surface area contributed by atoms with Gasteiger partial charge in [-0.05, 0) is 49.2 Å². The van der Waals surface area contributed by atoms with Gasteiger partial charge in [0.05, 0.1) is 0 Å². The fourth-order valence-electron chi connectivity index (χ4n) is 3.21. The van der Waals surface area contributed by atoms with E-state index in [2.05, 4.69) is 16.4 Å². The molecule has 1 heterocycles. The molecule has 2 unspecified atom stereocenters. The van der Waals surface area contributed by atoms with Gasteiger partial charge in [-0.2, -0.15) is 0 Å². The first kappa shape index (κ1) is 14.5. The van der Waals surface area contributed by atoms with E-state index < -0.39 is 0 Å². The SMILES string of the molecule is CCNC(c1cc(Cl)ccc1F)C1CCc2cccnc21. The molecule has 2 nitrogen and oxygen atoms in total.